The average molecular weight is 572 g/mol. The Morgan fingerprint density at radius 1 is 1.10 bits per heavy atom. The lowest BCUT2D eigenvalue weighted by Gasteiger charge is -2.32. The molecular weight excluding hydrogens is 562 g/mol. The Hall–Kier alpha value is -1.33. The second kappa shape index (κ2) is 8.07. The minimum absolute atomic E-state index is 0.158. The Morgan fingerprint density at radius 2 is 1.69 bits per heavy atom. The number of benzene rings is 2. The number of nitrogens with one attached hydrogen (secondary N) is 1. The number of carbonyl (C=O) groups is 1. The van der Waals surface area contributed by atoms with Gasteiger partial charge in [-0.15, -0.1) is 0 Å². The number of hydrogen-bond acceptors (Lipinski definition) is 1. The molecule has 0 aliphatic heterocycles. The smallest absolute Gasteiger partial charge is 0.320 e. The zero-order valence-electron chi connectivity index (χ0n) is 14.1. The van der Waals surface area contributed by atoms with Crippen LogP contribution in [0.2, 0.25) is 5.02 Å². The van der Waals surface area contributed by atoms with Gasteiger partial charge in [0, 0.05) is 10.0 Å². The molecule has 1 unspecified atom stereocenters. The van der Waals surface area contributed by atoms with Crippen LogP contribution in [0.15, 0.2) is 34.8 Å². The summed E-state index contributed by atoms with van der Waals surface area (Å²) >= 11 is 10.0. The molecule has 0 saturated carbocycles. The molecule has 2 aromatic rings. The van der Waals surface area contributed by atoms with Gasteiger partial charge in [0.2, 0.25) is 0 Å². The van der Waals surface area contributed by atoms with Crippen molar-refractivity contribution >= 4 is 55.1 Å². The molecule has 0 bridgehead atoms. The van der Waals surface area contributed by atoms with E-state index in [1.54, 1.807) is 0 Å². The van der Waals surface area contributed by atoms with Crippen molar-refractivity contribution in [1.29, 1.82) is 0 Å². The van der Waals surface area contributed by atoms with Gasteiger partial charge in [0.05, 0.1) is 16.3 Å². The lowest BCUT2D eigenvalue weighted by atomic mass is 9.95. The van der Waals surface area contributed by atoms with Crippen molar-refractivity contribution in [3.8, 4) is 0 Å². The fourth-order valence-electron chi connectivity index (χ4n) is 2.38. The van der Waals surface area contributed by atoms with Gasteiger partial charge >= 0.3 is 16.7 Å². The molecule has 0 radical (unpaired) electrons. The van der Waals surface area contributed by atoms with Crippen LogP contribution in [0.5, 0.6) is 0 Å². The van der Waals surface area contributed by atoms with Crippen LogP contribution in [0, 0.1) is 12.7 Å². The van der Waals surface area contributed by atoms with Gasteiger partial charge in [-0.3, -0.25) is 4.79 Å². The molecule has 0 saturated heterocycles. The van der Waals surface area contributed by atoms with E-state index in [9.17, 15) is 35.5 Å². The molecule has 0 fully saturated rings. The highest BCUT2D eigenvalue weighted by atomic mass is 79.9. The molecular formula is C17H9Br2ClF7NO. The molecule has 2 aromatic carbocycles. The molecule has 1 amide bonds. The number of rotatable bonds is 4. The summed E-state index contributed by atoms with van der Waals surface area (Å²) in [5, 5.41) is 1.48. The fourth-order valence-corrected chi connectivity index (χ4v) is 3.78. The van der Waals surface area contributed by atoms with Crippen LogP contribution >= 0.6 is 43.5 Å². The highest BCUT2D eigenvalue weighted by Gasteiger charge is 2.71. The third-order valence-electron chi connectivity index (χ3n) is 3.90. The van der Waals surface area contributed by atoms with E-state index in [-0.39, 0.29) is 16.8 Å². The Balaban J connectivity index is 2.52. The molecule has 0 aliphatic carbocycles. The number of anilines is 1. The molecule has 2 nitrogen and oxygen atoms in total. The molecule has 158 valence electrons. The van der Waals surface area contributed by atoms with E-state index in [0.717, 1.165) is 6.07 Å². The maximum atomic E-state index is 14.5. The number of hydrogen-bond donors (Lipinski definition) is 1. The first-order valence-corrected chi connectivity index (χ1v) is 9.46. The third-order valence-corrected chi connectivity index (χ3v) is 5.37. The first kappa shape index (κ1) is 23.9. The molecule has 0 aromatic heterocycles. The predicted octanol–water partition coefficient (Wildman–Crippen LogP) is 7.52. The minimum Gasteiger partial charge on any atom is -0.320 e. The molecule has 0 spiro atoms. The second-order valence-electron chi connectivity index (χ2n) is 5.86. The van der Waals surface area contributed by atoms with Crippen molar-refractivity contribution in [3.05, 3.63) is 62.3 Å². The van der Waals surface area contributed by atoms with E-state index in [4.69, 9.17) is 11.6 Å². The summed E-state index contributed by atoms with van der Waals surface area (Å²) in [6.07, 6.45) is -6.00. The SMILES string of the molecule is Cc1cccc(C(=O)Nc2c(Cl)cc(C(F)(C(F)(F)F)C(F)(F)Br)cc2Br)c1F. The van der Waals surface area contributed by atoms with Gasteiger partial charge in [0.1, 0.15) is 5.82 Å². The van der Waals surface area contributed by atoms with Gasteiger partial charge in [-0.05, 0) is 62.5 Å². The monoisotopic (exact) mass is 569 g/mol. The van der Waals surface area contributed by atoms with Gasteiger partial charge in [-0.25, -0.2) is 8.78 Å². The zero-order valence-corrected chi connectivity index (χ0v) is 18.0. The largest absolute Gasteiger partial charge is 0.433 e. The zero-order chi connectivity index (χ0) is 22.4. The number of carbonyl (C=O) groups excluding carboxylic acids is 1. The van der Waals surface area contributed by atoms with Crippen molar-refractivity contribution in [2.75, 3.05) is 5.32 Å². The molecule has 0 aliphatic rings. The second-order valence-corrected chi connectivity index (χ2v) is 8.12. The van der Waals surface area contributed by atoms with Crippen molar-refractivity contribution < 1.29 is 35.5 Å². The lowest BCUT2D eigenvalue weighted by molar-refractivity contribution is -0.282. The van der Waals surface area contributed by atoms with Crippen LogP contribution in [0.3, 0.4) is 0 Å². The summed E-state index contributed by atoms with van der Waals surface area (Å²) < 4.78 is 94.5. The Morgan fingerprint density at radius 3 is 2.17 bits per heavy atom. The van der Waals surface area contributed by atoms with E-state index in [1.165, 1.54) is 35.0 Å². The van der Waals surface area contributed by atoms with Crippen LogP contribution in [0.1, 0.15) is 21.5 Å². The highest BCUT2D eigenvalue weighted by molar-refractivity contribution is 9.10. The summed E-state index contributed by atoms with van der Waals surface area (Å²) in [6, 6.07) is 4.65. The van der Waals surface area contributed by atoms with E-state index in [0.29, 0.717) is 12.1 Å². The molecule has 1 atom stereocenters. The maximum Gasteiger partial charge on any atom is 0.433 e. The van der Waals surface area contributed by atoms with Gasteiger partial charge in [-0.2, -0.15) is 22.0 Å². The first-order valence-electron chi connectivity index (χ1n) is 7.49. The van der Waals surface area contributed by atoms with Gasteiger partial charge < -0.3 is 5.32 Å². The predicted molar refractivity (Wildman–Crippen MR) is 101 cm³/mol. The fraction of sp³-hybridized carbons (Fsp3) is 0.235. The molecule has 2 rings (SSSR count). The van der Waals surface area contributed by atoms with Crippen LogP contribution in [0.4, 0.5) is 36.4 Å². The standard InChI is InChI=1S/C17H9Br2ClF7NO/c1-7-3-2-4-9(12(7)21)14(29)28-13-10(18)5-8(6-11(13)20)15(22,16(19,23)24)17(25,26)27/h2-6H,1H3,(H,28,29). The Bertz CT molecular complexity index is 923. The van der Waals surface area contributed by atoms with Gasteiger partial charge in [0.25, 0.3) is 5.91 Å². The van der Waals surface area contributed by atoms with E-state index in [1.807, 2.05) is 0 Å². The number of alkyl halides is 7. The van der Waals surface area contributed by atoms with Crippen LogP contribution in [0.25, 0.3) is 0 Å². The van der Waals surface area contributed by atoms with E-state index in [2.05, 4.69) is 21.2 Å². The first-order chi connectivity index (χ1) is 13.1. The summed E-state index contributed by atoms with van der Waals surface area (Å²) in [7, 11) is 0. The summed E-state index contributed by atoms with van der Waals surface area (Å²) in [4.78, 5) is 7.26. The molecule has 12 heteroatoms. The topological polar surface area (TPSA) is 29.1 Å². The normalized spacial score (nSPS) is 14.4. The molecule has 0 heterocycles. The maximum absolute atomic E-state index is 14.5. The average Bonchev–Trinajstić information content (AvgIpc) is 2.57. The van der Waals surface area contributed by atoms with E-state index >= 15 is 0 Å². The third kappa shape index (κ3) is 4.41. The lowest BCUT2D eigenvalue weighted by Crippen LogP contribution is -2.49. The summed E-state index contributed by atoms with van der Waals surface area (Å²) in [6.45, 7) is 1.40. The van der Waals surface area contributed by atoms with Crippen LogP contribution < -0.4 is 5.32 Å². The van der Waals surface area contributed by atoms with Gasteiger partial charge in [-0.1, -0.05) is 23.7 Å². The van der Waals surface area contributed by atoms with Crippen molar-refractivity contribution in [1.82, 2.24) is 0 Å². The molecule has 29 heavy (non-hydrogen) atoms. The molecule has 1 N–H and O–H groups in total. The number of halogens is 10. The van der Waals surface area contributed by atoms with E-state index < -0.39 is 43.5 Å². The van der Waals surface area contributed by atoms with Crippen molar-refractivity contribution in [2.45, 2.75) is 23.6 Å². The Kier molecular flexibility index (Phi) is 6.66. The number of amides is 1. The van der Waals surface area contributed by atoms with Crippen LogP contribution in [-0.4, -0.2) is 16.9 Å². The van der Waals surface area contributed by atoms with Crippen molar-refractivity contribution in [2.24, 2.45) is 0 Å². The number of aryl methyl sites for hydroxylation is 1. The van der Waals surface area contributed by atoms with Crippen LogP contribution in [-0.2, 0) is 5.67 Å². The van der Waals surface area contributed by atoms with Gasteiger partial charge in [0.15, 0.2) is 0 Å². The minimum atomic E-state index is -6.00. The van der Waals surface area contributed by atoms with Crippen molar-refractivity contribution in [3.63, 3.8) is 0 Å². The summed E-state index contributed by atoms with van der Waals surface area (Å²) in [5.74, 6) is -1.85. The quantitative estimate of drug-likeness (QED) is 0.299. The highest BCUT2D eigenvalue weighted by Crippen LogP contribution is 2.56. The summed E-state index contributed by atoms with van der Waals surface area (Å²) in [5.41, 5.74) is -7.21. The Labute approximate surface area is 181 Å².